The standard InChI is InChI=1S/C32H37FN4O/c33-27-5-1-23(2-6-27)19-38-28-7-3-22(4-8-28)17-37-10-9-29-30(18-37)35-21-36-31(29)34-20-32-14-24-11-25(15-32)13-26(12-24)16-32/h1-8,21,24-26H,9-20H2,(H,34,35,36). The van der Waals surface area contributed by atoms with Crippen molar-refractivity contribution in [3.63, 3.8) is 0 Å². The Morgan fingerprint density at radius 2 is 1.58 bits per heavy atom. The van der Waals surface area contributed by atoms with Crippen LogP contribution in [0.4, 0.5) is 10.2 Å². The molecule has 2 heterocycles. The number of anilines is 1. The van der Waals surface area contributed by atoms with Gasteiger partial charge in [-0.15, -0.1) is 0 Å². The van der Waals surface area contributed by atoms with Gasteiger partial charge in [0.2, 0.25) is 0 Å². The lowest BCUT2D eigenvalue weighted by atomic mass is 9.49. The Balaban J connectivity index is 0.947. The number of rotatable bonds is 8. The highest BCUT2D eigenvalue weighted by atomic mass is 19.1. The predicted molar refractivity (Wildman–Crippen MR) is 146 cm³/mol. The van der Waals surface area contributed by atoms with E-state index in [1.165, 1.54) is 67.5 Å². The maximum absolute atomic E-state index is 13.1. The maximum Gasteiger partial charge on any atom is 0.132 e. The second-order valence-electron chi connectivity index (χ2n) is 12.4. The summed E-state index contributed by atoms with van der Waals surface area (Å²) < 4.78 is 19.0. The van der Waals surface area contributed by atoms with Crippen LogP contribution in [0.25, 0.3) is 0 Å². The van der Waals surface area contributed by atoms with Crippen LogP contribution in [-0.4, -0.2) is 28.0 Å². The predicted octanol–water partition coefficient (Wildman–Crippen LogP) is 6.38. The van der Waals surface area contributed by atoms with Gasteiger partial charge in [0.05, 0.1) is 5.69 Å². The summed E-state index contributed by atoms with van der Waals surface area (Å²) in [5.74, 6) is 4.61. The van der Waals surface area contributed by atoms with E-state index in [2.05, 4.69) is 27.3 Å². The van der Waals surface area contributed by atoms with Gasteiger partial charge in [-0.2, -0.15) is 0 Å². The van der Waals surface area contributed by atoms with Crippen LogP contribution < -0.4 is 10.1 Å². The van der Waals surface area contributed by atoms with Gasteiger partial charge in [-0.25, -0.2) is 14.4 Å². The number of fused-ring (bicyclic) bond motifs is 1. The van der Waals surface area contributed by atoms with Gasteiger partial charge in [0.25, 0.3) is 0 Å². The van der Waals surface area contributed by atoms with Crippen molar-refractivity contribution in [1.29, 1.82) is 0 Å². The van der Waals surface area contributed by atoms with Crippen LogP contribution in [0.1, 0.15) is 60.9 Å². The first kappa shape index (κ1) is 24.1. The zero-order valence-electron chi connectivity index (χ0n) is 22.0. The van der Waals surface area contributed by atoms with Crippen LogP contribution in [-0.2, 0) is 26.1 Å². The number of aromatic nitrogens is 2. The van der Waals surface area contributed by atoms with Crippen molar-refractivity contribution in [2.24, 2.45) is 23.2 Å². The summed E-state index contributed by atoms with van der Waals surface area (Å²) in [6.07, 6.45) is 11.5. The van der Waals surface area contributed by atoms with E-state index in [-0.39, 0.29) is 5.82 Å². The zero-order chi connectivity index (χ0) is 25.5. The van der Waals surface area contributed by atoms with E-state index in [9.17, 15) is 4.39 Å². The first-order valence-corrected chi connectivity index (χ1v) is 14.3. The van der Waals surface area contributed by atoms with Gasteiger partial charge in [-0.3, -0.25) is 4.90 Å². The Morgan fingerprint density at radius 3 is 2.29 bits per heavy atom. The van der Waals surface area contributed by atoms with E-state index in [4.69, 9.17) is 9.72 Å². The van der Waals surface area contributed by atoms with Crippen LogP contribution in [0, 0.1) is 29.0 Å². The Hall–Kier alpha value is -2.99. The summed E-state index contributed by atoms with van der Waals surface area (Å²) in [5, 5.41) is 3.82. The molecule has 4 bridgehead atoms. The smallest absolute Gasteiger partial charge is 0.132 e. The van der Waals surface area contributed by atoms with Crippen molar-refractivity contribution >= 4 is 5.82 Å². The molecule has 3 aromatic rings. The Labute approximate surface area is 224 Å². The highest BCUT2D eigenvalue weighted by molar-refractivity contribution is 5.47. The average Bonchev–Trinajstić information content (AvgIpc) is 2.91. The van der Waals surface area contributed by atoms with E-state index in [1.807, 2.05) is 12.1 Å². The van der Waals surface area contributed by atoms with Crippen molar-refractivity contribution < 1.29 is 9.13 Å². The molecule has 1 aromatic heterocycles. The molecule has 5 nitrogen and oxygen atoms in total. The minimum atomic E-state index is -0.227. The fourth-order valence-corrected chi connectivity index (χ4v) is 8.17. The first-order chi connectivity index (χ1) is 18.6. The molecular formula is C32H37FN4O. The van der Waals surface area contributed by atoms with Crippen molar-refractivity contribution in [1.82, 2.24) is 14.9 Å². The van der Waals surface area contributed by atoms with E-state index >= 15 is 0 Å². The number of nitrogens with zero attached hydrogens (tertiary/aromatic N) is 3. The first-order valence-electron chi connectivity index (χ1n) is 14.3. The SMILES string of the molecule is Fc1ccc(COc2ccc(CN3CCc4c(ncnc4NCC45CC6CC(CC(C6)C4)C5)C3)cc2)cc1. The number of halogens is 1. The van der Waals surface area contributed by atoms with Gasteiger partial charge in [0.15, 0.2) is 0 Å². The molecule has 1 aliphatic heterocycles. The molecular weight excluding hydrogens is 475 g/mol. The molecule has 38 heavy (non-hydrogen) atoms. The van der Waals surface area contributed by atoms with Crippen molar-refractivity contribution in [3.05, 3.63) is 83.1 Å². The molecule has 1 N–H and O–H groups in total. The van der Waals surface area contributed by atoms with E-state index in [0.29, 0.717) is 12.0 Å². The third kappa shape index (κ3) is 5.03. The molecule has 4 aliphatic carbocycles. The monoisotopic (exact) mass is 512 g/mol. The number of benzene rings is 2. The molecule has 0 radical (unpaired) electrons. The second-order valence-corrected chi connectivity index (χ2v) is 12.4. The largest absolute Gasteiger partial charge is 0.489 e. The highest BCUT2D eigenvalue weighted by Crippen LogP contribution is 2.60. The molecule has 8 rings (SSSR count). The van der Waals surface area contributed by atoms with Crippen molar-refractivity contribution in [2.45, 2.75) is 64.6 Å². The minimum absolute atomic E-state index is 0.227. The zero-order valence-corrected chi connectivity index (χ0v) is 22.0. The summed E-state index contributed by atoms with van der Waals surface area (Å²) in [7, 11) is 0. The van der Waals surface area contributed by atoms with Crippen LogP contribution in [0.3, 0.4) is 0 Å². The maximum atomic E-state index is 13.1. The summed E-state index contributed by atoms with van der Waals surface area (Å²) in [6, 6.07) is 14.7. The Kier molecular flexibility index (Phi) is 6.31. The van der Waals surface area contributed by atoms with Gasteiger partial charge in [0.1, 0.15) is 30.3 Å². The van der Waals surface area contributed by atoms with Crippen molar-refractivity contribution in [3.8, 4) is 5.75 Å². The molecule has 4 fully saturated rings. The topological polar surface area (TPSA) is 50.3 Å². The van der Waals surface area contributed by atoms with E-state index in [0.717, 1.165) is 67.5 Å². The molecule has 0 spiro atoms. The second kappa shape index (κ2) is 9.96. The minimum Gasteiger partial charge on any atom is -0.489 e. The van der Waals surface area contributed by atoms with E-state index < -0.39 is 0 Å². The fraction of sp³-hybridized carbons (Fsp3) is 0.500. The third-order valence-corrected chi connectivity index (χ3v) is 9.53. The highest BCUT2D eigenvalue weighted by Gasteiger charge is 2.50. The van der Waals surface area contributed by atoms with Gasteiger partial charge < -0.3 is 10.1 Å². The van der Waals surface area contributed by atoms with Crippen molar-refractivity contribution in [2.75, 3.05) is 18.4 Å². The van der Waals surface area contributed by atoms with Crippen LogP contribution in [0.15, 0.2) is 54.9 Å². The normalized spacial score (nSPS) is 27.8. The van der Waals surface area contributed by atoms with Crippen LogP contribution >= 0.6 is 0 Å². The molecule has 5 aliphatic rings. The summed E-state index contributed by atoms with van der Waals surface area (Å²) >= 11 is 0. The average molecular weight is 513 g/mol. The fourth-order valence-electron chi connectivity index (χ4n) is 8.17. The third-order valence-electron chi connectivity index (χ3n) is 9.53. The molecule has 6 heteroatoms. The molecule has 198 valence electrons. The summed E-state index contributed by atoms with van der Waals surface area (Å²) in [5.41, 5.74) is 5.20. The number of hydrogen-bond donors (Lipinski definition) is 1. The molecule has 0 saturated heterocycles. The molecule has 2 aromatic carbocycles. The molecule has 4 saturated carbocycles. The van der Waals surface area contributed by atoms with Crippen LogP contribution in [0.5, 0.6) is 5.75 Å². The Morgan fingerprint density at radius 1 is 0.895 bits per heavy atom. The lowest BCUT2D eigenvalue weighted by molar-refractivity contribution is -0.0444. The lowest BCUT2D eigenvalue weighted by Gasteiger charge is -2.57. The lowest BCUT2D eigenvalue weighted by Crippen LogP contribution is -2.49. The molecule has 0 unspecified atom stereocenters. The summed E-state index contributed by atoms with van der Waals surface area (Å²) in [6.45, 7) is 4.26. The molecule has 0 amide bonds. The van der Waals surface area contributed by atoms with Gasteiger partial charge >= 0.3 is 0 Å². The molecule has 0 atom stereocenters. The number of hydrogen-bond acceptors (Lipinski definition) is 5. The number of ether oxygens (including phenoxy) is 1. The van der Waals surface area contributed by atoms with E-state index in [1.54, 1.807) is 18.5 Å². The number of nitrogens with one attached hydrogen (secondary N) is 1. The van der Waals surface area contributed by atoms with Gasteiger partial charge in [-0.1, -0.05) is 24.3 Å². The quantitative estimate of drug-likeness (QED) is 0.379. The Bertz CT molecular complexity index is 1240. The van der Waals surface area contributed by atoms with Gasteiger partial charge in [-0.05, 0) is 104 Å². The summed E-state index contributed by atoms with van der Waals surface area (Å²) in [4.78, 5) is 11.8. The van der Waals surface area contributed by atoms with Gasteiger partial charge in [0, 0.05) is 31.7 Å². The van der Waals surface area contributed by atoms with Crippen LogP contribution in [0.2, 0.25) is 0 Å².